The molecule has 0 saturated carbocycles. The Morgan fingerprint density at radius 1 is 1.25 bits per heavy atom. The number of hydrogen-bond acceptors (Lipinski definition) is 3. The molecule has 2 aromatic rings. The second kappa shape index (κ2) is 6.57. The fraction of sp³-hybridized carbons (Fsp3) is 0.471. The zero-order chi connectivity index (χ0) is 17.3. The topological polar surface area (TPSA) is 39.1 Å². The Morgan fingerprint density at radius 3 is 2.50 bits per heavy atom. The summed E-state index contributed by atoms with van der Waals surface area (Å²) in [4.78, 5) is 3.81. The van der Waals surface area contributed by atoms with Gasteiger partial charge in [-0.2, -0.15) is 13.2 Å². The Hall–Kier alpha value is -1.86. The molecule has 1 N–H and O–H groups in total. The van der Waals surface area contributed by atoms with Gasteiger partial charge in [0.05, 0.1) is 19.3 Å². The third kappa shape index (κ3) is 3.47. The van der Waals surface area contributed by atoms with E-state index in [1.165, 1.54) is 0 Å². The maximum atomic E-state index is 13.0. The first-order chi connectivity index (χ1) is 11.4. The van der Waals surface area contributed by atoms with Gasteiger partial charge in [-0.3, -0.25) is 0 Å². The fourth-order valence-corrected chi connectivity index (χ4v) is 2.78. The SMILES string of the molecule is CC(C)n1cc(C(F)(F)F)nc1-c1ccc(C2COCCN2)cc1. The van der Waals surface area contributed by atoms with E-state index in [2.05, 4.69) is 10.3 Å². The lowest BCUT2D eigenvalue weighted by Gasteiger charge is -2.24. The summed E-state index contributed by atoms with van der Waals surface area (Å²) in [5.41, 5.74) is 0.856. The molecule has 1 saturated heterocycles. The molecule has 1 unspecified atom stereocenters. The van der Waals surface area contributed by atoms with E-state index in [9.17, 15) is 13.2 Å². The zero-order valence-corrected chi connectivity index (χ0v) is 13.6. The van der Waals surface area contributed by atoms with Crippen molar-refractivity contribution in [3.05, 3.63) is 41.7 Å². The molecular formula is C17H20F3N3O. The molecule has 0 aliphatic carbocycles. The van der Waals surface area contributed by atoms with E-state index in [4.69, 9.17) is 4.74 Å². The summed E-state index contributed by atoms with van der Waals surface area (Å²) in [5, 5.41) is 3.35. The molecule has 1 aromatic heterocycles. The van der Waals surface area contributed by atoms with Crippen molar-refractivity contribution in [2.45, 2.75) is 32.1 Å². The number of nitrogens with one attached hydrogen (secondary N) is 1. The second-order valence-corrected chi connectivity index (χ2v) is 6.15. The van der Waals surface area contributed by atoms with Crippen LogP contribution in [0.1, 0.15) is 37.2 Å². The molecule has 1 aliphatic heterocycles. The van der Waals surface area contributed by atoms with Crippen LogP contribution in [0.2, 0.25) is 0 Å². The van der Waals surface area contributed by atoms with Gasteiger partial charge in [0, 0.05) is 24.3 Å². The van der Waals surface area contributed by atoms with Gasteiger partial charge in [-0.05, 0) is 19.4 Å². The van der Waals surface area contributed by atoms with Gasteiger partial charge >= 0.3 is 6.18 Å². The average Bonchev–Trinajstić information content (AvgIpc) is 3.02. The van der Waals surface area contributed by atoms with E-state index >= 15 is 0 Å². The Bertz CT molecular complexity index is 686. The molecule has 130 valence electrons. The molecule has 0 bridgehead atoms. The number of ether oxygens (including phenoxy) is 1. The Labute approximate surface area is 138 Å². The smallest absolute Gasteiger partial charge is 0.378 e. The molecule has 24 heavy (non-hydrogen) atoms. The first-order valence-corrected chi connectivity index (χ1v) is 7.94. The van der Waals surface area contributed by atoms with Crippen LogP contribution in [0, 0.1) is 0 Å². The number of benzene rings is 1. The van der Waals surface area contributed by atoms with Gasteiger partial charge in [0.1, 0.15) is 5.82 Å². The lowest BCUT2D eigenvalue weighted by molar-refractivity contribution is -0.140. The fourth-order valence-electron chi connectivity index (χ4n) is 2.78. The molecule has 1 aliphatic rings. The van der Waals surface area contributed by atoms with Crippen molar-refractivity contribution >= 4 is 0 Å². The van der Waals surface area contributed by atoms with E-state index in [0.717, 1.165) is 18.3 Å². The molecule has 3 rings (SSSR count). The normalized spacial score (nSPS) is 19.0. The number of nitrogens with zero attached hydrogens (tertiary/aromatic N) is 2. The molecule has 1 fully saturated rings. The van der Waals surface area contributed by atoms with Crippen LogP contribution in [0.15, 0.2) is 30.5 Å². The number of hydrogen-bond donors (Lipinski definition) is 1. The largest absolute Gasteiger partial charge is 0.434 e. The van der Waals surface area contributed by atoms with Gasteiger partial charge in [-0.1, -0.05) is 24.3 Å². The Kier molecular flexibility index (Phi) is 4.64. The van der Waals surface area contributed by atoms with Crippen molar-refractivity contribution in [2.75, 3.05) is 19.8 Å². The van der Waals surface area contributed by atoms with Crippen LogP contribution in [0.3, 0.4) is 0 Å². The average molecular weight is 339 g/mol. The highest BCUT2D eigenvalue weighted by atomic mass is 19.4. The summed E-state index contributed by atoms with van der Waals surface area (Å²) >= 11 is 0. The highest BCUT2D eigenvalue weighted by Crippen LogP contribution is 2.32. The van der Waals surface area contributed by atoms with Crippen LogP contribution in [-0.2, 0) is 10.9 Å². The van der Waals surface area contributed by atoms with E-state index in [1.54, 1.807) is 4.57 Å². The van der Waals surface area contributed by atoms with Crippen LogP contribution in [0.4, 0.5) is 13.2 Å². The summed E-state index contributed by atoms with van der Waals surface area (Å²) in [6.07, 6.45) is -3.37. The van der Waals surface area contributed by atoms with Crippen molar-refractivity contribution in [2.24, 2.45) is 0 Å². The van der Waals surface area contributed by atoms with Gasteiger partial charge in [0.2, 0.25) is 0 Å². The van der Waals surface area contributed by atoms with Crippen molar-refractivity contribution in [1.82, 2.24) is 14.9 Å². The van der Waals surface area contributed by atoms with E-state index < -0.39 is 11.9 Å². The summed E-state index contributed by atoms with van der Waals surface area (Å²) in [6, 6.07) is 7.45. The predicted molar refractivity (Wildman–Crippen MR) is 84.6 cm³/mol. The van der Waals surface area contributed by atoms with Crippen LogP contribution < -0.4 is 5.32 Å². The van der Waals surface area contributed by atoms with Crippen LogP contribution in [0.5, 0.6) is 0 Å². The number of alkyl halides is 3. The molecule has 4 nitrogen and oxygen atoms in total. The van der Waals surface area contributed by atoms with Gasteiger partial charge in [0.15, 0.2) is 5.69 Å². The highest BCUT2D eigenvalue weighted by molar-refractivity contribution is 5.57. The number of morpholine rings is 1. The number of aromatic nitrogens is 2. The standard InChI is InChI=1S/C17H20F3N3O/c1-11(2)23-9-15(17(18,19)20)22-16(23)13-5-3-12(4-6-13)14-10-24-8-7-21-14/h3-6,9,11,14,21H,7-8,10H2,1-2H3. The van der Waals surface area contributed by atoms with E-state index in [0.29, 0.717) is 24.6 Å². The molecule has 0 amide bonds. The number of imidazole rings is 1. The quantitative estimate of drug-likeness (QED) is 0.924. The first-order valence-electron chi connectivity index (χ1n) is 7.94. The molecule has 0 spiro atoms. The summed E-state index contributed by atoms with van der Waals surface area (Å²) < 4.78 is 45.9. The number of rotatable bonds is 3. The van der Waals surface area contributed by atoms with Crippen molar-refractivity contribution in [1.29, 1.82) is 0 Å². The zero-order valence-electron chi connectivity index (χ0n) is 13.6. The van der Waals surface area contributed by atoms with Gasteiger partial charge in [0.25, 0.3) is 0 Å². The lowest BCUT2D eigenvalue weighted by Crippen LogP contribution is -2.34. The van der Waals surface area contributed by atoms with Crippen LogP contribution >= 0.6 is 0 Å². The van der Waals surface area contributed by atoms with Crippen LogP contribution in [-0.4, -0.2) is 29.3 Å². The number of halogens is 3. The molecule has 1 atom stereocenters. The summed E-state index contributed by atoms with van der Waals surface area (Å²) in [5.74, 6) is 0.330. The maximum absolute atomic E-state index is 13.0. The van der Waals surface area contributed by atoms with Gasteiger partial charge in [-0.15, -0.1) is 0 Å². The minimum Gasteiger partial charge on any atom is -0.378 e. The molecule has 1 aromatic carbocycles. The second-order valence-electron chi connectivity index (χ2n) is 6.15. The third-order valence-corrected chi connectivity index (χ3v) is 4.07. The monoisotopic (exact) mass is 339 g/mol. The maximum Gasteiger partial charge on any atom is 0.434 e. The molecular weight excluding hydrogens is 319 g/mol. The van der Waals surface area contributed by atoms with E-state index in [1.807, 2.05) is 38.1 Å². The minimum absolute atomic E-state index is 0.114. The Balaban J connectivity index is 1.92. The molecule has 0 radical (unpaired) electrons. The summed E-state index contributed by atoms with van der Waals surface area (Å²) in [6.45, 7) is 5.75. The lowest BCUT2D eigenvalue weighted by atomic mass is 10.0. The van der Waals surface area contributed by atoms with Crippen molar-refractivity contribution in [3.8, 4) is 11.4 Å². The predicted octanol–water partition coefficient (Wildman–Crippen LogP) is 3.81. The van der Waals surface area contributed by atoms with Gasteiger partial charge in [-0.25, -0.2) is 4.98 Å². The third-order valence-electron chi connectivity index (χ3n) is 4.07. The van der Waals surface area contributed by atoms with E-state index in [-0.39, 0.29) is 12.1 Å². The summed E-state index contributed by atoms with van der Waals surface area (Å²) in [7, 11) is 0. The molecule has 7 heteroatoms. The molecule has 2 heterocycles. The van der Waals surface area contributed by atoms with Crippen molar-refractivity contribution in [3.63, 3.8) is 0 Å². The van der Waals surface area contributed by atoms with Crippen LogP contribution in [0.25, 0.3) is 11.4 Å². The first kappa shape index (κ1) is 17.0. The van der Waals surface area contributed by atoms with Crippen molar-refractivity contribution < 1.29 is 17.9 Å². The van der Waals surface area contributed by atoms with Gasteiger partial charge < -0.3 is 14.6 Å². The minimum atomic E-state index is -4.45. The highest BCUT2D eigenvalue weighted by Gasteiger charge is 2.35. The Morgan fingerprint density at radius 2 is 1.96 bits per heavy atom.